The number of rotatable bonds is 7. The van der Waals surface area contributed by atoms with Gasteiger partial charge in [-0.3, -0.25) is 14.2 Å². The number of benzene rings is 1. The number of unbranched alkanes of at least 4 members (excludes halogenated alkanes) is 2. The first-order valence-corrected chi connectivity index (χ1v) is 11.5. The molecule has 146 valence electrons. The second kappa shape index (κ2) is 9.73. The molecule has 27 heavy (non-hydrogen) atoms. The molecule has 1 aliphatic heterocycles. The maximum atomic E-state index is 13.0. The molecular formula is C20H26BrN3O2S. The minimum absolute atomic E-state index is 0.0228. The van der Waals surface area contributed by atoms with Gasteiger partial charge in [-0.05, 0) is 43.9 Å². The topological polar surface area (TPSA) is 55.2 Å². The highest BCUT2D eigenvalue weighted by Crippen LogP contribution is 2.22. The van der Waals surface area contributed by atoms with Gasteiger partial charge < -0.3 is 4.90 Å². The number of hydrogen-bond donors (Lipinski definition) is 0. The van der Waals surface area contributed by atoms with Crippen molar-refractivity contribution in [2.75, 3.05) is 18.8 Å². The van der Waals surface area contributed by atoms with Crippen molar-refractivity contribution in [3.63, 3.8) is 0 Å². The first-order valence-electron chi connectivity index (χ1n) is 9.71. The number of nitrogens with zero attached hydrogens (tertiary/aromatic N) is 3. The van der Waals surface area contributed by atoms with E-state index in [0.29, 0.717) is 28.4 Å². The summed E-state index contributed by atoms with van der Waals surface area (Å²) in [7, 11) is 0. The number of carbonyl (C=O) groups is 1. The average molecular weight is 452 g/mol. The van der Waals surface area contributed by atoms with Crippen molar-refractivity contribution in [3.8, 4) is 0 Å². The zero-order valence-electron chi connectivity index (χ0n) is 15.7. The van der Waals surface area contributed by atoms with Crippen LogP contribution in [0.15, 0.2) is 32.6 Å². The minimum atomic E-state index is -0.0228. The third-order valence-electron chi connectivity index (χ3n) is 4.90. The van der Waals surface area contributed by atoms with Crippen LogP contribution in [0.4, 0.5) is 0 Å². The number of hydrogen-bond acceptors (Lipinski definition) is 4. The van der Waals surface area contributed by atoms with E-state index in [4.69, 9.17) is 4.98 Å². The lowest BCUT2D eigenvalue weighted by Crippen LogP contribution is -2.37. The molecule has 2 aromatic rings. The molecule has 3 rings (SSSR count). The number of amides is 1. The lowest BCUT2D eigenvalue weighted by molar-refractivity contribution is -0.129. The van der Waals surface area contributed by atoms with E-state index in [1.807, 2.05) is 23.1 Å². The van der Waals surface area contributed by atoms with Gasteiger partial charge in [0.15, 0.2) is 5.16 Å². The van der Waals surface area contributed by atoms with Crippen LogP contribution in [-0.4, -0.2) is 39.2 Å². The van der Waals surface area contributed by atoms with Crippen LogP contribution >= 0.6 is 27.7 Å². The lowest BCUT2D eigenvalue weighted by atomic mass is 10.1. The Kier molecular flexibility index (Phi) is 7.35. The van der Waals surface area contributed by atoms with Crippen LogP contribution in [-0.2, 0) is 11.3 Å². The summed E-state index contributed by atoms with van der Waals surface area (Å²) >= 11 is 4.83. The summed E-state index contributed by atoms with van der Waals surface area (Å²) in [5.74, 6) is 0.479. The average Bonchev–Trinajstić information content (AvgIpc) is 2.69. The van der Waals surface area contributed by atoms with Crippen LogP contribution in [0.2, 0.25) is 0 Å². The fourth-order valence-electron chi connectivity index (χ4n) is 3.36. The normalized spacial score (nSPS) is 14.7. The molecule has 5 nitrogen and oxygen atoms in total. The van der Waals surface area contributed by atoms with Gasteiger partial charge in [-0.15, -0.1) is 0 Å². The minimum Gasteiger partial charge on any atom is -0.342 e. The molecule has 0 N–H and O–H groups in total. The van der Waals surface area contributed by atoms with E-state index in [1.54, 1.807) is 4.57 Å². The van der Waals surface area contributed by atoms with E-state index in [1.165, 1.54) is 18.2 Å². The highest BCUT2D eigenvalue weighted by Gasteiger charge is 2.18. The smallest absolute Gasteiger partial charge is 0.262 e. The second-order valence-corrected chi connectivity index (χ2v) is 8.81. The molecule has 0 unspecified atom stereocenters. The van der Waals surface area contributed by atoms with Crippen LogP contribution in [0, 0.1) is 0 Å². The standard InChI is InChI=1S/C20H26BrN3O2S/c1-2-3-5-12-24-19(26)16-13-15(21)8-9-17(16)22-20(24)27-14-18(25)23-10-6-4-7-11-23/h8-9,13H,2-7,10-12,14H2,1H3. The van der Waals surface area contributed by atoms with Crippen LogP contribution in [0.25, 0.3) is 10.9 Å². The molecule has 1 aromatic heterocycles. The Morgan fingerprint density at radius 1 is 1.22 bits per heavy atom. The van der Waals surface area contributed by atoms with Crippen LogP contribution < -0.4 is 5.56 Å². The Labute approximate surface area is 172 Å². The third kappa shape index (κ3) is 5.13. The summed E-state index contributed by atoms with van der Waals surface area (Å²) in [6.07, 6.45) is 6.47. The second-order valence-electron chi connectivity index (χ2n) is 6.95. The fraction of sp³-hybridized carbons (Fsp3) is 0.550. The molecule has 0 saturated carbocycles. The molecule has 7 heteroatoms. The van der Waals surface area contributed by atoms with E-state index < -0.39 is 0 Å². The zero-order valence-corrected chi connectivity index (χ0v) is 18.1. The van der Waals surface area contributed by atoms with Crippen molar-refractivity contribution in [3.05, 3.63) is 33.0 Å². The van der Waals surface area contributed by atoms with Gasteiger partial charge in [0.2, 0.25) is 5.91 Å². The van der Waals surface area contributed by atoms with Gasteiger partial charge >= 0.3 is 0 Å². The number of halogens is 1. The molecule has 0 spiro atoms. The molecule has 1 aliphatic rings. The number of piperidine rings is 1. The Balaban J connectivity index is 1.85. The van der Waals surface area contributed by atoms with Crippen molar-refractivity contribution >= 4 is 44.5 Å². The van der Waals surface area contributed by atoms with Gasteiger partial charge in [-0.25, -0.2) is 4.98 Å². The quantitative estimate of drug-likeness (QED) is 0.354. The SMILES string of the molecule is CCCCCn1c(SCC(=O)N2CCCCC2)nc2ccc(Br)cc2c1=O. The summed E-state index contributed by atoms with van der Waals surface area (Å²) in [6.45, 7) is 4.48. The molecule has 0 radical (unpaired) electrons. The van der Waals surface area contributed by atoms with Crippen LogP contribution in [0.3, 0.4) is 0 Å². The van der Waals surface area contributed by atoms with Gasteiger partial charge in [-0.2, -0.15) is 0 Å². The summed E-state index contributed by atoms with van der Waals surface area (Å²) in [6, 6.07) is 5.57. The summed E-state index contributed by atoms with van der Waals surface area (Å²) < 4.78 is 2.62. The van der Waals surface area contributed by atoms with E-state index >= 15 is 0 Å². The van der Waals surface area contributed by atoms with Crippen molar-refractivity contribution in [1.29, 1.82) is 0 Å². The van der Waals surface area contributed by atoms with Crippen LogP contribution in [0.1, 0.15) is 45.4 Å². The third-order valence-corrected chi connectivity index (χ3v) is 6.35. The Bertz CT molecular complexity index is 862. The molecule has 1 fully saturated rings. The van der Waals surface area contributed by atoms with Gasteiger partial charge in [0.05, 0.1) is 16.7 Å². The first-order chi connectivity index (χ1) is 13.1. The van der Waals surface area contributed by atoms with E-state index in [0.717, 1.165) is 49.7 Å². The predicted molar refractivity (Wildman–Crippen MR) is 114 cm³/mol. The highest BCUT2D eigenvalue weighted by molar-refractivity contribution is 9.10. The molecule has 0 atom stereocenters. The summed E-state index contributed by atoms with van der Waals surface area (Å²) in [5, 5.41) is 1.27. The lowest BCUT2D eigenvalue weighted by Gasteiger charge is -2.26. The van der Waals surface area contributed by atoms with Crippen molar-refractivity contribution < 1.29 is 4.79 Å². The first kappa shape index (κ1) is 20.4. The molecule has 0 bridgehead atoms. The Morgan fingerprint density at radius 2 is 2.00 bits per heavy atom. The van der Waals surface area contributed by atoms with Crippen LogP contribution in [0.5, 0.6) is 0 Å². The van der Waals surface area contributed by atoms with Gasteiger partial charge in [0.1, 0.15) is 0 Å². The predicted octanol–water partition coefficient (Wildman–Crippen LogP) is 4.45. The number of thioether (sulfide) groups is 1. The number of fused-ring (bicyclic) bond motifs is 1. The van der Waals surface area contributed by atoms with E-state index in [9.17, 15) is 9.59 Å². The summed E-state index contributed by atoms with van der Waals surface area (Å²) in [4.78, 5) is 32.2. The van der Waals surface area contributed by atoms with E-state index in [2.05, 4.69) is 22.9 Å². The highest BCUT2D eigenvalue weighted by atomic mass is 79.9. The van der Waals surface area contributed by atoms with E-state index in [-0.39, 0.29) is 11.5 Å². The van der Waals surface area contributed by atoms with Crippen molar-refractivity contribution in [1.82, 2.24) is 14.5 Å². The largest absolute Gasteiger partial charge is 0.342 e. The Hall–Kier alpha value is -1.34. The zero-order chi connectivity index (χ0) is 19.2. The maximum Gasteiger partial charge on any atom is 0.262 e. The molecule has 1 aromatic carbocycles. The summed E-state index contributed by atoms with van der Waals surface area (Å²) in [5.41, 5.74) is 0.660. The number of aromatic nitrogens is 2. The van der Waals surface area contributed by atoms with Crippen molar-refractivity contribution in [2.24, 2.45) is 0 Å². The molecule has 2 heterocycles. The molecule has 1 amide bonds. The molecule has 0 aliphatic carbocycles. The van der Waals surface area contributed by atoms with Gasteiger partial charge in [0.25, 0.3) is 5.56 Å². The molecule has 1 saturated heterocycles. The monoisotopic (exact) mass is 451 g/mol. The van der Waals surface area contributed by atoms with Crippen molar-refractivity contribution in [2.45, 2.75) is 57.1 Å². The maximum absolute atomic E-state index is 13.0. The fourth-order valence-corrected chi connectivity index (χ4v) is 4.65. The van der Waals surface area contributed by atoms with Gasteiger partial charge in [-0.1, -0.05) is 47.5 Å². The Morgan fingerprint density at radius 3 is 2.74 bits per heavy atom. The number of carbonyl (C=O) groups excluding carboxylic acids is 1. The van der Waals surface area contributed by atoms with Gasteiger partial charge in [0, 0.05) is 24.1 Å². The molecular weight excluding hydrogens is 426 g/mol. The number of likely N-dealkylation sites (tertiary alicyclic amines) is 1.